The van der Waals surface area contributed by atoms with Crippen molar-refractivity contribution in [3.63, 3.8) is 0 Å². The monoisotopic (exact) mass is 409 g/mol. The maximum absolute atomic E-state index is 12.7. The Morgan fingerprint density at radius 3 is 2.46 bits per heavy atom. The van der Waals surface area contributed by atoms with Gasteiger partial charge >= 0.3 is 0 Å². The normalized spacial score (nSPS) is 16.2. The Morgan fingerprint density at radius 1 is 1.11 bits per heavy atom. The standard InChI is InChI=1S/C21H31N3O3.ClH/c1-2-16-6-8-17(9-7-16)19(25)10-11-21(27)24-14-4-3-5-18(24)15-23-20(26)12-13-22;/h6-9,18H,2-5,10-15,22H2,1H3,(H,23,26);1H. The molecule has 1 aromatic carbocycles. The van der Waals surface area contributed by atoms with E-state index in [1.807, 2.05) is 29.2 Å². The number of ketones is 1. The minimum atomic E-state index is -0.0822. The van der Waals surface area contributed by atoms with Crippen molar-refractivity contribution in [1.82, 2.24) is 10.2 Å². The van der Waals surface area contributed by atoms with Gasteiger partial charge in [-0.3, -0.25) is 14.4 Å². The maximum Gasteiger partial charge on any atom is 0.223 e. The molecule has 1 saturated heterocycles. The van der Waals surface area contributed by atoms with Gasteiger partial charge in [-0.15, -0.1) is 12.4 Å². The summed E-state index contributed by atoms with van der Waals surface area (Å²) in [5.41, 5.74) is 7.24. The summed E-state index contributed by atoms with van der Waals surface area (Å²) in [6, 6.07) is 7.59. The van der Waals surface area contributed by atoms with E-state index in [-0.39, 0.29) is 48.9 Å². The number of benzene rings is 1. The van der Waals surface area contributed by atoms with Gasteiger partial charge in [0.1, 0.15) is 0 Å². The van der Waals surface area contributed by atoms with Gasteiger partial charge in [-0.1, -0.05) is 31.2 Å². The zero-order valence-electron chi connectivity index (χ0n) is 16.6. The lowest BCUT2D eigenvalue weighted by Gasteiger charge is -2.36. The summed E-state index contributed by atoms with van der Waals surface area (Å²) >= 11 is 0. The third-order valence-corrected chi connectivity index (χ3v) is 5.10. The van der Waals surface area contributed by atoms with Crippen LogP contribution in [0.2, 0.25) is 0 Å². The van der Waals surface area contributed by atoms with E-state index in [0.717, 1.165) is 25.7 Å². The number of rotatable bonds is 9. The van der Waals surface area contributed by atoms with Gasteiger partial charge in [0.15, 0.2) is 5.78 Å². The summed E-state index contributed by atoms with van der Waals surface area (Å²) in [7, 11) is 0. The first kappa shape index (κ1) is 24.1. The highest BCUT2D eigenvalue weighted by Gasteiger charge is 2.27. The van der Waals surface area contributed by atoms with Gasteiger partial charge in [0.25, 0.3) is 0 Å². The molecule has 0 radical (unpaired) electrons. The molecule has 156 valence electrons. The smallest absolute Gasteiger partial charge is 0.223 e. The van der Waals surface area contributed by atoms with Gasteiger partial charge in [-0.05, 0) is 31.2 Å². The average Bonchev–Trinajstić information content (AvgIpc) is 2.70. The number of amides is 2. The second-order valence-electron chi connectivity index (χ2n) is 7.05. The molecule has 0 aliphatic carbocycles. The Morgan fingerprint density at radius 2 is 1.82 bits per heavy atom. The third kappa shape index (κ3) is 7.24. The van der Waals surface area contributed by atoms with Gasteiger partial charge in [0.2, 0.25) is 11.8 Å². The first-order chi connectivity index (χ1) is 13.0. The molecule has 0 aromatic heterocycles. The van der Waals surface area contributed by atoms with Gasteiger partial charge in [0.05, 0.1) is 0 Å². The Bertz CT molecular complexity index is 649. The van der Waals surface area contributed by atoms with Crippen LogP contribution in [0, 0.1) is 0 Å². The second-order valence-corrected chi connectivity index (χ2v) is 7.05. The molecule has 0 saturated carbocycles. The van der Waals surface area contributed by atoms with Crippen LogP contribution >= 0.6 is 12.4 Å². The number of halogens is 1. The molecule has 1 heterocycles. The largest absolute Gasteiger partial charge is 0.354 e. The van der Waals surface area contributed by atoms with Crippen LogP contribution in [-0.4, -0.2) is 48.2 Å². The molecule has 6 nitrogen and oxygen atoms in total. The van der Waals surface area contributed by atoms with E-state index < -0.39 is 0 Å². The van der Waals surface area contributed by atoms with Crippen LogP contribution in [0.3, 0.4) is 0 Å². The predicted octanol–water partition coefficient (Wildman–Crippen LogP) is 2.48. The Kier molecular flexibility index (Phi) is 10.8. The van der Waals surface area contributed by atoms with Gasteiger partial charge in [-0.2, -0.15) is 0 Å². The van der Waals surface area contributed by atoms with Crippen LogP contribution in [0.15, 0.2) is 24.3 Å². The molecular formula is C21H32ClN3O3. The van der Waals surface area contributed by atoms with Crippen molar-refractivity contribution in [3.05, 3.63) is 35.4 Å². The summed E-state index contributed by atoms with van der Waals surface area (Å²) in [6.07, 6.45) is 4.54. The van der Waals surface area contributed by atoms with Gasteiger partial charge in [0, 0.05) is 50.5 Å². The maximum atomic E-state index is 12.7. The quantitative estimate of drug-likeness (QED) is 0.613. The Labute approximate surface area is 173 Å². The zero-order valence-corrected chi connectivity index (χ0v) is 17.4. The second kappa shape index (κ2) is 12.5. The summed E-state index contributed by atoms with van der Waals surface area (Å²) < 4.78 is 0. The van der Waals surface area contributed by atoms with Crippen LogP contribution < -0.4 is 11.1 Å². The molecule has 0 bridgehead atoms. The van der Waals surface area contributed by atoms with E-state index in [1.165, 1.54) is 5.56 Å². The first-order valence-corrected chi connectivity index (χ1v) is 9.93. The SMILES string of the molecule is CCc1ccc(C(=O)CCC(=O)N2CCCCC2CNC(=O)CCN)cc1.Cl. The molecule has 1 aliphatic heterocycles. The van der Waals surface area contributed by atoms with E-state index in [4.69, 9.17) is 5.73 Å². The third-order valence-electron chi connectivity index (χ3n) is 5.10. The van der Waals surface area contributed by atoms with E-state index in [2.05, 4.69) is 12.2 Å². The number of nitrogens with one attached hydrogen (secondary N) is 1. The highest BCUT2D eigenvalue weighted by atomic mass is 35.5. The molecule has 2 rings (SSSR count). The summed E-state index contributed by atoms with van der Waals surface area (Å²) in [5.74, 6) is -0.0942. The minimum Gasteiger partial charge on any atom is -0.354 e. The number of carbonyl (C=O) groups is 3. The van der Waals surface area contributed by atoms with E-state index in [0.29, 0.717) is 31.6 Å². The van der Waals surface area contributed by atoms with Crippen LogP contribution in [0.4, 0.5) is 0 Å². The predicted molar refractivity (Wildman–Crippen MR) is 113 cm³/mol. The number of carbonyl (C=O) groups excluding carboxylic acids is 3. The molecular weight excluding hydrogens is 378 g/mol. The number of Topliss-reactive ketones (excluding diaryl/α,β-unsaturated/α-hetero) is 1. The number of aryl methyl sites for hydroxylation is 1. The number of nitrogens with two attached hydrogens (primary N) is 1. The topological polar surface area (TPSA) is 92.5 Å². The van der Waals surface area contributed by atoms with E-state index in [1.54, 1.807) is 0 Å². The zero-order chi connectivity index (χ0) is 19.6. The van der Waals surface area contributed by atoms with Gasteiger partial charge < -0.3 is 16.0 Å². The number of nitrogens with zero attached hydrogens (tertiary/aromatic N) is 1. The minimum absolute atomic E-state index is 0. The van der Waals surface area contributed by atoms with Crippen molar-refractivity contribution in [2.75, 3.05) is 19.6 Å². The van der Waals surface area contributed by atoms with Crippen LogP contribution in [0.1, 0.15) is 61.4 Å². The highest BCUT2D eigenvalue weighted by molar-refractivity contribution is 5.98. The number of hydrogen-bond donors (Lipinski definition) is 2. The summed E-state index contributed by atoms with van der Waals surface area (Å²) in [6.45, 7) is 3.54. The van der Waals surface area contributed by atoms with Crippen LogP contribution in [0.25, 0.3) is 0 Å². The lowest BCUT2D eigenvalue weighted by atomic mass is 10.00. The fraction of sp³-hybridized carbons (Fsp3) is 0.571. The molecule has 1 aliphatic rings. The van der Waals surface area contributed by atoms with Crippen LogP contribution in [-0.2, 0) is 16.0 Å². The summed E-state index contributed by atoms with van der Waals surface area (Å²) in [4.78, 5) is 38.5. The fourth-order valence-electron chi connectivity index (χ4n) is 3.43. The van der Waals surface area contributed by atoms with Crippen LogP contribution in [0.5, 0.6) is 0 Å². The number of piperidine rings is 1. The molecule has 28 heavy (non-hydrogen) atoms. The van der Waals surface area contributed by atoms with Crippen molar-refractivity contribution >= 4 is 30.0 Å². The molecule has 7 heteroatoms. The Balaban J connectivity index is 0.00000392. The molecule has 1 fully saturated rings. The molecule has 1 aromatic rings. The lowest BCUT2D eigenvalue weighted by Crippen LogP contribution is -2.49. The van der Waals surface area contributed by atoms with E-state index >= 15 is 0 Å². The van der Waals surface area contributed by atoms with Crippen molar-refractivity contribution in [2.24, 2.45) is 5.73 Å². The van der Waals surface area contributed by atoms with Crippen molar-refractivity contribution < 1.29 is 14.4 Å². The molecule has 1 atom stereocenters. The fourth-order valence-corrected chi connectivity index (χ4v) is 3.43. The molecule has 0 spiro atoms. The average molecular weight is 410 g/mol. The Hall–Kier alpha value is -1.92. The van der Waals surface area contributed by atoms with Crippen molar-refractivity contribution in [1.29, 1.82) is 0 Å². The highest BCUT2D eigenvalue weighted by Crippen LogP contribution is 2.19. The number of hydrogen-bond acceptors (Lipinski definition) is 4. The first-order valence-electron chi connectivity index (χ1n) is 9.93. The van der Waals surface area contributed by atoms with Crippen molar-refractivity contribution in [3.8, 4) is 0 Å². The molecule has 3 N–H and O–H groups in total. The van der Waals surface area contributed by atoms with E-state index in [9.17, 15) is 14.4 Å². The van der Waals surface area contributed by atoms with Crippen molar-refractivity contribution in [2.45, 2.75) is 57.9 Å². The summed E-state index contributed by atoms with van der Waals surface area (Å²) in [5, 5.41) is 2.86. The number of likely N-dealkylation sites (tertiary alicyclic amines) is 1. The molecule has 2 amide bonds. The molecule has 1 unspecified atom stereocenters. The lowest BCUT2D eigenvalue weighted by molar-refractivity contribution is -0.135. The van der Waals surface area contributed by atoms with Gasteiger partial charge in [-0.25, -0.2) is 0 Å².